The van der Waals surface area contributed by atoms with Gasteiger partial charge in [-0.15, -0.1) is 0 Å². The molecular formula is C32H31ClFN5O6. The summed E-state index contributed by atoms with van der Waals surface area (Å²) in [5.74, 6) is -0.762. The Morgan fingerprint density at radius 3 is 2.73 bits per heavy atom. The second-order valence-electron chi connectivity index (χ2n) is 11.2. The average molecular weight is 636 g/mol. The predicted molar refractivity (Wildman–Crippen MR) is 165 cm³/mol. The van der Waals surface area contributed by atoms with Crippen LogP contribution in [-0.2, 0) is 23.6 Å². The monoisotopic (exact) mass is 635 g/mol. The maximum atomic E-state index is 14.8. The van der Waals surface area contributed by atoms with Gasteiger partial charge in [0.15, 0.2) is 11.5 Å². The fraction of sp³-hybridized carbons (Fsp3) is 0.344. The number of anilines is 1. The molecule has 45 heavy (non-hydrogen) atoms. The van der Waals surface area contributed by atoms with E-state index < -0.39 is 17.6 Å². The van der Waals surface area contributed by atoms with Crippen molar-refractivity contribution < 1.29 is 33.2 Å². The SMILES string of the molecule is CCOc1cc(C(=O)O)cc2c1nc(CN1CCN(c3cccc4c3OC(C)(c3ccc(Cl)cc3F)O4)C=N1)n2C[C@@H]1CCO1. The van der Waals surface area contributed by atoms with Gasteiger partial charge in [-0.3, -0.25) is 5.01 Å². The Morgan fingerprint density at radius 2 is 2.04 bits per heavy atom. The number of benzene rings is 3. The van der Waals surface area contributed by atoms with Crippen LogP contribution in [0.25, 0.3) is 11.0 Å². The van der Waals surface area contributed by atoms with E-state index in [1.54, 1.807) is 37.5 Å². The van der Waals surface area contributed by atoms with Gasteiger partial charge in [-0.1, -0.05) is 17.7 Å². The molecule has 11 nitrogen and oxygen atoms in total. The van der Waals surface area contributed by atoms with Gasteiger partial charge in [0.05, 0.1) is 54.7 Å². The summed E-state index contributed by atoms with van der Waals surface area (Å²) < 4.78 is 40.7. The predicted octanol–water partition coefficient (Wildman–Crippen LogP) is 5.62. The first kappa shape index (κ1) is 29.2. The first-order chi connectivity index (χ1) is 21.7. The second kappa shape index (κ2) is 11.4. The smallest absolute Gasteiger partial charge is 0.335 e. The van der Waals surface area contributed by atoms with Crippen LogP contribution in [0.3, 0.4) is 0 Å². The summed E-state index contributed by atoms with van der Waals surface area (Å²) in [4.78, 5) is 18.8. The number of carboxylic acid groups (broad SMARTS) is 1. The fourth-order valence-corrected chi connectivity index (χ4v) is 5.99. The lowest BCUT2D eigenvalue weighted by Gasteiger charge is -2.31. The summed E-state index contributed by atoms with van der Waals surface area (Å²) >= 11 is 5.96. The Kier molecular flexibility index (Phi) is 7.41. The molecule has 3 aliphatic rings. The summed E-state index contributed by atoms with van der Waals surface area (Å²) in [7, 11) is 0. The molecule has 3 aliphatic heterocycles. The highest BCUT2D eigenvalue weighted by molar-refractivity contribution is 6.30. The van der Waals surface area contributed by atoms with E-state index in [1.165, 1.54) is 12.1 Å². The number of hydrogen-bond acceptors (Lipinski definition) is 9. The quantitative estimate of drug-likeness (QED) is 0.250. The van der Waals surface area contributed by atoms with Crippen molar-refractivity contribution in [2.24, 2.45) is 5.10 Å². The van der Waals surface area contributed by atoms with Crippen LogP contribution in [0.4, 0.5) is 10.1 Å². The highest BCUT2D eigenvalue weighted by Crippen LogP contribution is 2.49. The van der Waals surface area contributed by atoms with Crippen LogP contribution >= 0.6 is 11.6 Å². The number of aromatic nitrogens is 2. The van der Waals surface area contributed by atoms with Crippen molar-refractivity contribution in [3.05, 3.63) is 76.3 Å². The summed E-state index contributed by atoms with van der Waals surface area (Å²) in [5, 5.41) is 16.6. The molecule has 0 spiro atoms. The lowest BCUT2D eigenvalue weighted by molar-refractivity contribution is -0.0705. The van der Waals surface area contributed by atoms with E-state index in [0.717, 1.165) is 17.9 Å². The molecule has 1 N–H and O–H groups in total. The van der Waals surface area contributed by atoms with Crippen LogP contribution in [0.2, 0.25) is 5.02 Å². The minimum atomic E-state index is -1.36. The molecule has 0 saturated carbocycles. The Hall–Kier alpha value is -4.55. The van der Waals surface area contributed by atoms with Gasteiger partial charge in [0.25, 0.3) is 5.79 Å². The van der Waals surface area contributed by atoms with Gasteiger partial charge in [0.2, 0.25) is 0 Å². The fourth-order valence-electron chi connectivity index (χ4n) is 5.83. The number of halogens is 2. The van der Waals surface area contributed by atoms with E-state index in [1.807, 2.05) is 33.5 Å². The van der Waals surface area contributed by atoms with Crippen molar-refractivity contribution in [1.29, 1.82) is 0 Å². The number of nitrogens with zero attached hydrogens (tertiary/aromatic N) is 5. The zero-order valence-electron chi connectivity index (χ0n) is 24.7. The molecule has 4 heterocycles. The van der Waals surface area contributed by atoms with Crippen molar-refractivity contribution in [3.63, 3.8) is 0 Å². The Bertz CT molecular complexity index is 1830. The van der Waals surface area contributed by atoms with Crippen LogP contribution in [0.5, 0.6) is 17.2 Å². The van der Waals surface area contributed by atoms with Crippen molar-refractivity contribution in [2.75, 3.05) is 31.2 Å². The third-order valence-corrected chi connectivity index (χ3v) is 8.43. The molecule has 1 aromatic heterocycles. The molecule has 0 aliphatic carbocycles. The normalized spacial score (nSPS) is 20.5. The molecule has 7 rings (SSSR count). The highest BCUT2D eigenvalue weighted by atomic mass is 35.5. The van der Waals surface area contributed by atoms with Crippen LogP contribution in [0.15, 0.2) is 53.6 Å². The minimum Gasteiger partial charge on any atom is -0.492 e. The Balaban J connectivity index is 1.15. The van der Waals surface area contributed by atoms with Crippen molar-refractivity contribution >= 4 is 40.6 Å². The van der Waals surface area contributed by atoms with Gasteiger partial charge in [-0.05, 0) is 55.8 Å². The van der Waals surface area contributed by atoms with Gasteiger partial charge in [-0.2, -0.15) is 5.10 Å². The standard InChI is InChI=1S/C32H31ClFN5O6/c1-3-42-27-14-19(31(40)41)13-25-29(27)36-28(39(25)16-21-9-12-43-21)17-38-11-10-37(18-35-38)24-5-4-6-26-30(24)45-32(2,44-26)22-8-7-20(33)15-23(22)34/h4-8,13-15,18,21H,3,9-12,16-17H2,1-2H3,(H,40,41)/t21-,32?/m0/s1. The van der Waals surface area contributed by atoms with Gasteiger partial charge < -0.3 is 33.5 Å². The summed E-state index contributed by atoms with van der Waals surface area (Å²) in [5.41, 5.74) is 2.41. The van der Waals surface area contributed by atoms with Crippen LogP contribution < -0.4 is 19.1 Å². The molecule has 0 amide bonds. The van der Waals surface area contributed by atoms with Crippen molar-refractivity contribution in [1.82, 2.24) is 14.6 Å². The first-order valence-electron chi connectivity index (χ1n) is 14.8. The summed E-state index contributed by atoms with van der Waals surface area (Å²) in [6.45, 7) is 6.68. The number of hydrazone groups is 1. The highest BCUT2D eigenvalue weighted by Gasteiger charge is 2.42. The number of carboxylic acids is 1. The number of imidazole rings is 1. The zero-order chi connectivity index (χ0) is 31.3. The number of aromatic carboxylic acids is 1. The van der Waals surface area contributed by atoms with E-state index in [9.17, 15) is 14.3 Å². The summed E-state index contributed by atoms with van der Waals surface area (Å²) in [6, 6.07) is 13.1. The molecule has 0 radical (unpaired) electrons. The zero-order valence-corrected chi connectivity index (χ0v) is 25.5. The number of ether oxygens (including phenoxy) is 4. The topological polar surface area (TPSA) is 111 Å². The third-order valence-electron chi connectivity index (χ3n) is 8.19. The molecule has 0 bridgehead atoms. The number of para-hydroxylation sites is 1. The Morgan fingerprint density at radius 1 is 1.20 bits per heavy atom. The molecule has 1 saturated heterocycles. The second-order valence-corrected chi connectivity index (χ2v) is 11.6. The molecule has 3 aromatic carbocycles. The van der Waals surface area contributed by atoms with Gasteiger partial charge >= 0.3 is 5.97 Å². The van der Waals surface area contributed by atoms with Gasteiger partial charge in [0.1, 0.15) is 29.2 Å². The van der Waals surface area contributed by atoms with E-state index in [2.05, 4.69) is 0 Å². The number of fused-ring (bicyclic) bond motifs is 2. The molecular weight excluding hydrogens is 605 g/mol. The van der Waals surface area contributed by atoms with E-state index >= 15 is 0 Å². The first-order valence-corrected chi connectivity index (χ1v) is 15.1. The van der Waals surface area contributed by atoms with Gasteiger partial charge in [0, 0.05) is 25.1 Å². The summed E-state index contributed by atoms with van der Waals surface area (Å²) in [6.07, 6.45) is 2.67. The number of carbonyl (C=O) groups is 1. The Labute approximate surface area is 263 Å². The number of rotatable bonds is 9. The average Bonchev–Trinajstić information content (AvgIpc) is 3.52. The molecule has 13 heteroatoms. The molecule has 234 valence electrons. The van der Waals surface area contributed by atoms with E-state index in [-0.39, 0.29) is 22.3 Å². The maximum absolute atomic E-state index is 14.8. The molecule has 4 aromatic rings. The van der Waals surface area contributed by atoms with Gasteiger partial charge in [-0.25, -0.2) is 14.2 Å². The van der Waals surface area contributed by atoms with E-state index in [4.69, 9.17) is 40.6 Å². The van der Waals surface area contributed by atoms with E-state index in [0.29, 0.717) is 67.7 Å². The molecule has 2 atom stereocenters. The lowest BCUT2D eigenvalue weighted by atomic mass is 10.1. The number of hydrogen-bond donors (Lipinski definition) is 1. The lowest BCUT2D eigenvalue weighted by Crippen LogP contribution is -2.38. The van der Waals surface area contributed by atoms with Crippen LogP contribution in [-0.4, -0.2) is 64.4 Å². The minimum absolute atomic E-state index is 0.0277. The largest absolute Gasteiger partial charge is 0.492 e. The molecule has 1 unspecified atom stereocenters. The van der Waals surface area contributed by atoms with Crippen LogP contribution in [0, 0.1) is 5.82 Å². The van der Waals surface area contributed by atoms with Crippen molar-refractivity contribution in [3.8, 4) is 17.2 Å². The van der Waals surface area contributed by atoms with Crippen molar-refractivity contribution in [2.45, 2.75) is 45.2 Å². The maximum Gasteiger partial charge on any atom is 0.335 e. The molecule has 1 fully saturated rings. The van der Waals surface area contributed by atoms with Crippen LogP contribution in [0.1, 0.15) is 42.0 Å². The third kappa shape index (κ3) is 5.38.